The summed E-state index contributed by atoms with van der Waals surface area (Å²) in [7, 11) is -1.95. The molecule has 0 aliphatic heterocycles. The highest BCUT2D eigenvalue weighted by molar-refractivity contribution is 7.89. The molecule has 0 spiro atoms. The summed E-state index contributed by atoms with van der Waals surface area (Å²) in [6, 6.07) is 1.38. The van der Waals surface area contributed by atoms with Gasteiger partial charge in [-0.2, -0.15) is 11.3 Å². The number of hydrogen-bond acceptors (Lipinski definition) is 5. The van der Waals surface area contributed by atoms with Crippen LogP contribution in [0.3, 0.4) is 0 Å². The average molecular weight is 332 g/mol. The van der Waals surface area contributed by atoms with Gasteiger partial charge in [0, 0.05) is 19.8 Å². The zero-order valence-corrected chi connectivity index (χ0v) is 13.4. The van der Waals surface area contributed by atoms with Gasteiger partial charge in [0.15, 0.2) is 0 Å². The first-order valence-corrected chi connectivity index (χ1v) is 8.59. The zero-order valence-electron chi connectivity index (χ0n) is 11.0. The Morgan fingerprint density at radius 3 is 2.70 bits per heavy atom. The van der Waals surface area contributed by atoms with Crippen LogP contribution >= 0.6 is 22.9 Å². The third-order valence-electron chi connectivity index (χ3n) is 2.78. The second kappa shape index (κ2) is 6.09. The Kier molecular flexibility index (Phi) is 4.64. The third kappa shape index (κ3) is 3.29. The predicted octanol–water partition coefficient (Wildman–Crippen LogP) is 2.63. The first-order chi connectivity index (χ1) is 9.44. The number of rotatable bonds is 5. The number of aromatic nitrogens is 1. The van der Waals surface area contributed by atoms with Crippen molar-refractivity contribution in [3.8, 4) is 0 Å². The number of hydrogen-bond donors (Lipinski definition) is 2. The first-order valence-electron chi connectivity index (χ1n) is 5.78. The molecule has 0 radical (unpaired) electrons. The highest BCUT2D eigenvalue weighted by Crippen LogP contribution is 2.22. The first kappa shape index (κ1) is 15.2. The number of anilines is 1. The molecule has 0 fully saturated rings. The third-order valence-corrected chi connectivity index (χ3v) is 5.34. The van der Waals surface area contributed by atoms with Gasteiger partial charge in [-0.05, 0) is 34.9 Å². The predicted molar refractivity (Wildman–Crippen MR) is 81.9 cm³/mol. The summed E-state index contributed by atoms with van der Waals surface area (Å²) in [5.74, 6) is 0.444. The normalized spacial score (nSPS) is 11.6. The highest BCUT2D eigenvalue weighted by atomic mass is 35.5. The van der Waals surface area contributed by atoms with Gasteiger partial charge in [0.05, 0.1) is 5.02 Å². The fourth-order valence-corrected chi connectivity index (χ4v) is 3.73. The summed E-state index contributed by atoms with van der Waals surface area (Å²) in [6.45, 7) is 2.20. The molecule has 108 valence electrons. The lowest BCUT2D eigenvalue weighted by Crippen LogP contribution is -2.23. The van der Waals surface area contributed by atoms with E-state index in [1.807, 2.05) is 17.7 Å². The van der Waals surface area contributed by atoms with Crippen molar-refractivity contribution in [3.63, 3.8) is 0 Å². The van der Waals surface area contributed by atoms with Crippen molar-refractivity contribution in [1.29, 1.82) is 0 Å². The smallest absolute Gasteiger partial charge is 0.242 e. The highest BCUT2D eigenvalue weighted by Gasteiger charge is 2.16. The van der Waals surface area contributed by atoms with Gasteiger partial charge in [0.1, 0.15) is 10.7 Å². The molecular weight excluding hydrogens is 318 g/mol. The topological polar surface area (TPSA) is 71.1 Å². The van der Waals surface area contributed by atoms with Gasteiger partial charge < -0.3 is 5.32 Å². The molecule has 0 aliphatic rings. The molecule has 0 saturated carbocycles. The van der Waals surface area contributed by atoms with Crippen LogP contribution in [0, 0.1) is 6.92 Å². The summed E-state index contributed by atoms with van der Waals surface area (Å²) in [6.07, 6.45) is 1.28. The van der Waals surface area contributed by atoms with Crippen LogP contribution in [-0.4, -0.2) is 20.4 Å². The van der Waals surface area contributed by atoms with E-state index in [9.17, 15) is 8.42 Å². The molecule has 2 aromatic rings. The molecule has 20 heavy (non-hydrogen) atoms. The largest absolute Gasteiger partial charge is 0.372 e. The van der Waals surface area contributed by atoms with E-state index in [0.29, 0.717) is 5.82 Å². The van der Waals surface area contributed by atoms with E-state index < -0.39 is 10.0 Å². The minimum Gasteiger partial charge on any atom is -0.372 e. The van der Waals surface area contributed by atoms with Crippen molar-refractivity contribution >= 4 is 38.8 Å². The number of nitrogens with zero attached hydrogens (tertiary/aromatic N) is 1. The standard InChI is InChI=1S/C12H14ClN3O2S2/c1-8-6-19-7-9(8)4-16-20(17,18)10-3-11(13)12(14-2)15-5-10/h3,5-7,16H,4H2,1-2H3,(H,14,15). The van der Waals surface area contributed by atoms with E-state index >= 15 is 0 Å². The fourth-order valence-electron chi connectivity index (χ4n) is 1.58. The maximum atomic E-state index is 12.2. The summed E-state index contributed by atoms with van der Waals surface area (Å²) in [4.78, 5) is 4.02. The van der Waals surface area contributed by atoms with Gasteiger partial charge in [-0.15, -0.1) is 0 Å². The molecular formula is C12H14ClN3O2S2. The Morgan fingerprint density at radius 1 is 1.40 bits per heavy atom. The van der Waals surface area contributed by atoms with Crippen LogP contribution in [0.15, 0.2) is 27.9 Å². The summed E-state index contributed by atoms with van der Waals surface area (Å²) < 4.78 is 26.9. The zero-order chi connectivity index (χ0) is 14.8. The number of aryl methyl sites for hydroxylation is 1. The minimum atomic E-state index is -3.62. The number of thiophene rings is 1. The van der Waals surface area contributed by atoms with Crippen molar-refractivity contribution in [1.82, 2.24) is 9.71 Å². The average Bonchev–Trinajstić information content (AvgIpc) is 2.82. The van der Waals surface area contributed by atoms with Crippen molar-refractivity contribution in [2.24, 2.45) is 0 Å². The van der Waals surface area contributed by atoms with Crippen LogP contribution in [0.1, 0.15) is 11.1 Å². The van der Waals surface area contributed by atoms with E-state index in [-0.39, 0.29) is 16.5 Å². The molecule has 0 saturated heterocycles. The number of pyridine rings is 1. The maximum absolute atomic E-state index is 12.2. The van der Waals surface area contributed by atoms with Gasteiger partial charge in [-0.3, -0.25) is 0 Å². The maximum Gasteiger partial charge on any atom is 0.242 e. The Bertz CT molecular complexity index is 713. The van der Waals surface area contributed by atoms with E-state index in [1.54, 1.807) is 18.4 Å². The molecule has 2 rings (SSSR count). The summed E-state index contributed by atoms with van der Waals surface area (Å²) in [5.41, 5.74) is 2.03. The minimum absolute atomic E-state index is 0.0504. The molecule has 8 heteroatoms. The monoisotopic (exact) mass is 331 g/mol. The Balaban J connectivity index is 2.18. The Hall–Kier alpha value is -1.15. The van der Waals surface area contributed by atoms with Crippen molar-refractivity contribution in [2.45, 2.75) is 18.4 Å². The quantitative estimate of drug-likeness (QED) is 0.883. The van der Waals surface area contributed by atoms with Gasteiger partial charge in [-0.1, -0.05) is 11.6 Å². The SMILES string of the molecule is CNc1ncc(S(=O)(=O)NCc2cscc2C)cc1Cl. The molecule has 2 N–H and O–H groups in total. The van der Waals surface area contributed by atoms with Crippen LogP contribution in [0.5, 0.6) is 0 Å². The molecule has 2 heterocycles. The molecule has 0 aliphatic carbocycles. The second-order valence-corrected chi connectivity index (χ2v) is 7.07. The molecule has 0 atom stereocenters. The second-order valence-electron chi connectivity index (χ2n) is 4.16. The molecule has 0 amide bonds. The molecule has 2 aromatic heterocycles. The lowest BCUT2D eigenvalue weighted by atomic mass is 10.2. The van der Waals surface area contributed by atoms with Crippen molar-refractivity contribution in [3.05, 3.63) is 39.2 Å². The van der Waals surface area contributed by atoms with Crippen molar-refractivity contribution < 1.29 is 8.42 Å². The van der Waals surface area contributed by atoms with Crippen molar-refractivity contribution in [2.75, 3.05) is 12.4 Å². The van der Waals surface area contributed by atoms with Gasteiger partial charge >= 0.3 is 0 Å². The molecule has 0 aromatic carbocycles. The Labute approximate surface area is 127 Å². The number of nitrogens with one attached hydrogen (secondary N) is 2. The van der Waals surface area contributed by atoms with E-state index in [2.05, 4.69) is 15.0 Å². The number of halogens is 1. The fraction of sp³-hybridized carbons (Fsp3) is 0.250. The van der Waals surface area contributed by atoms with Crippen LogP contribution in [0.2, 0.25) is 5.02 Å². The van der Waals surface area contributed by atoms with Crippen LogP contribution in [-0.2, 0) is 16.6 Å². The van der Waals surface area contributed by atoms with Crippen LogP contribution in [0.25, 0.3) is 0 Å². The van der Waals surface area contributed by atoms with Crippen LogP contribution in [0.4, 0.5) is 5.82 Å². The lowest BCUT2D eigenvalue weighted by molar-refractivity contribution is 0.581. The molecule has 0 bridgehead atoms. The van der Waals surface area contributed by atoms with Gasteiger partial charge in [0.2, 0.25) is 10.0 Å². The van der Waals surface area contributed by atoms with Gasteiger partial charge in [0.25, 0.3) is 0 Å². The molecule has 0 unspecified atom stereocenters. The summed E-state index contributed by atoms with van der Waals surface area (Å²) in [5, 5.41) is 6.94. The molecule has 5 nitrogen and oxygen atoms in total. The Morgan fingerprint density at radius 2 is 2.15 bits per heavy atom. The lowest BCUT2D eigenvalue weighted by Gasteiger charge is -2.08. The van der Waals surface area contributed by atoms with E-state index in [1.165, 1.54) is 12.3 Å². The van der Waals surface area contributed by atoms with E-state index in [0.717, 1.165) is 11.1 Å². The van der Waals surface area contributed by atoms with Gasteiger partial charge in [-0.25, -0.2) is 18.1 Å². The number of sulfonamides is 1. The van der Waals surface area contributed by atoms with E-state index in [4.69, 9.17) is 11.6 Å². The summed E-state index contributed by atoms with van der Waals surface area (Å²) >= 11 is 7.49. The van der Waals surface area contributed by atoms with Crippen LogP contribution < -0.4 is 10.0 Å².